The third-order valence-electron chi connectivity index (χ3n) is 5.12. The molecule has 8 nitrogen and oxygen atoms in total. The van der Waals surface area contributed by atoms with Crippen molar-refractivity contribution in [3.05, 3.63) is 53.9 Å². The van der Waals surface area contributed by atoms with E-state index in [0.717, 1.165) is 24.0 Å². The van der Waals surface area contributed by atoms with Crippen molar-refractivity contribution >= 4 is 11.7 Å². The molecule has 1 aliphatic rings. The number of amides is 2. The van der Waals surface area contributed by atoms with Gasteiger partial charge >= 0.3 is 6.03 Å². The van der Waals surface area contributed by atoms with Gasteiger partial charge in [-0.15, -0.1) is 0 Å². The van der Waals surface area contributed by atoms with Crippen LogP contribution < -0.4 is 14.8 Å². The van der Waals surface area contributed by atoms with Crippen LogP contribution >= 0.6 is 0 Å². The number of aryl methyl sites for hydroxylation is 1. The van der Waals surface area contributed by atoms with Gasteiger partial charge in [-0.25, -0.2) is 4.79 Å². The normalized spacial score (nSPS) is 15.8. The highest BCUT2D eigenvalue weighted by Gasteiger charge is 2.34. The maximum atomic E-state index is 13.0. The maximum Gasteiger partial charge on any atom is 0.322 e. The van der Waals surface area contributed by atoms with E-state index in [1.807, 2.05) is 31.2 Å². The smallest absolute Gasteiger partial charge is 0.322 e. The van der Waals surface area contributed by atoms with Crippen LogP contribution in [-0.2, 0) is 0 Å². The van der Waals surface area contributed by atoms with E-state index >= 15 is 0 Å². The largest absolute Gasteiger partial charge is 0.497 e. The van der Waals surface area contributed by atoms with Gasteiger partial charge in [0.1, 0.15) is 17.5 Å². The van der Waals surface area contributed by atoms with Gasteiger partial charge in [0.2, 0.25) is 11.7 Å². The summed E-state index contributed by atoms with van der Waals surface area (Å²) in [6.07, 6.45) is 1.63. The fourth-order valence-electron chi connectivity index (χ4n) is 3.61. The van der Waals surface area contributed by atoms with E-state index < -0.39 is 0 Å². The number of carbonyl (C=O) groups is 1. The molecule has 0 radical (unpaired) electrons. The van der Waals surface area contributed by atoms with Gasteiger partial charge in [-0.05, 0) is 25.8 Å². The second kappa shape index (κ2) is 8.44. The molecule has 1 saturated heterocycles. The highest BCUT2D eigenvalue weighted by atomic mass is 16.5. The lowest BCUT2D eigenvalue weighted by Gasteiger charge is -2.22. The number of nitrogens with zero attached hydrogens (tertiary/aromatic N) is 3. The molecular weight excluding hydrogens is 384 g/mol. The SMILES string of the molecule is COc1cc(NC(=O)N2CCC[C@H]2c2nc(-c3cccc(C)c3)no2)cc(OC)c1. The lowest BCUT2D eigenvalue weighted by Crippen LogP contribution is -2.34. The highest BCUT2D eigenvalue weighted by Crippen LogP contribution is 2.33. The van der Waals surface area contributed by atoms with Gasteiger partial charge in [-0.2, -0.15) is 4.98 Å². The zero-order chi connectivity index (χ0) is 21.1. The first-order valence-electron chi connectivity index (χ1n) is 9.78. The average molecular weight is 408 g/mol. The standard InChI is InChI=1S/C22H24N4O4/c1-14-6-4-7-15(10-14)20-24-21(30-25-20)19-8-5-9-26(19)22(27)23-16-11-17(28-2)13-18(12-16)29-3/h4,6-7,10-13,19H,5,8-9H2,1-3H3,(H,23,27)/t19-/m0/s1. The van der Waals surface area contributed by atoms with Crippen LogP contribution in [0.25, 0.3) is 11.4 Å². The first kappa shape index (κ1) is 19.8. The van der Waals surface area contributed by atoms with Crippen LogP contribution in [0.1, 0.15) is 30.3 Å². The quantitative estimate of drug-likeness (QED) is 0.672. The fraction of sp³-hybridized carbons (Fsp3) is 0.318. The molecule has 2 amide bonds. The molecule has 0 aliphatic carbocycles. The highest BCUT2D eigenvalue weighted by molar-refractivity contribution is 5.90. The third kappa shape index (κ3) is 4.07. The molecule has 1 aromatic heterocycles. The van der Waals surface area contributed by atoms with E-state index in [-0.39, 0.29) is 12.1 Å². The minimum absolute atomic E-state index is 0.233. The van der Waals surface area contributed by atoms with Gasteiger partial charge in [-0.1, -0.05) is 28.9 Å². The molecule has 0 unspecified atom stereocenters. The lowest BCUT2D eigenvalue weighted by molar-refractivity contribution is 0.193. The zero-order valence-corrected chi connectivity index (χ0v) is 17.2. The van der Waals surface area contributed by atoms with Gasteiger partial charge in [0.25, 0.3) is 0 Å². The molecule has 1 fully saturated rings. The first-order valence-corrected chi connectivity index (χ1v) is 9.78. The Balaban J connectivity index is 1.52. The number of hydrogen-bond donors (Lipinski definition) is 1. The summed E-state index contributed by atoms with van der Waals surface area (Å²) in [6.45, 7) is 2.63. The first-order chi connectivity index (χ1) is 14.6. The van der Waals surface area contributed by atoms with Gasteiger partial charge in [0, 0.05) is 36.0 Å². The third-order valence-corrected chi connectivity index (χ3v) is 5.12. The monoisotopic (exact) mass is 408 g/mol. The number of ether oxygens (including phenoxy) is 2. The summed E-state index contributed by atoms with van der Waals surface area (Å²) in [6, 6.07) is 12.7. The van der Waals surface area contributed by atoms with Crippen LogP contribution in [0, 0.1) is 6.92 Å². The topological polar surface area (TPSA) is 89.7 Å². The van der Waals surface area contributed by atoms with E-state index in [2.05, 4.69) is 15.5 Å². The maximum absolute atomic E-state index is 13.0. The number of benzene rings is 2. The predicted octanol–water partition coefficient (Wildman–Crippen LogP) is 4.43. The number of aromatic nitrogens is 2. The van der Waals surface area contributed by atoms with E-state index in [1.54, 1.807) is 37.3 Å². The van der Waals surface area contributed by atoms with E-state index in [9.17, 15) is 4.79 Å². The van der Waals surface area contributed by atoms with Crippen molar-refractivity contribution in [2.75, 3.05) is 26.1 Å². The molecule has 156 valence electrons. The van der Waals surface area contributed by atoms with E-state index in [1.165, 1.54) is 0 Å². The second-order valence-electron chi connectivity index (χ2n) is 7.21. The van der Waals surface area contributed by atoms with Crippen LogP contribution in [-0.4, -0.2) is 41.8 Å². The van der Waals surface area contributed by atoms with Crippen LogP contribution in [0.5, 0.6) is 11.5 Å². The summed E-state index contributed by atoms with van der Waals surface area (Å²) in [5, 5.41) is 7.03. The number of anilines is 1. The van der Waals surface area contributed by atoms with Crippen molar-refractivity contribution in [2.24, 2.45) is 0 Å². The Bertz CT molecular complexity index is 1030. The zero-order valence-electron chi connectivity index (χ0n) is 17.2. The number of carbonyl (C=O) groups excluding carboxylic acids is 1. The van der Waals surface area contributed by atoms with Crippen LogP contribution in [0.4, 0.5) is 10.5 Å². The van der Waals surface area contributed by atoms with Gasteiger partial charge in [0.15, 0.2) is 0 Å². The Morgan fingerprint density at radius 3 is 2.63 bits per heavy atom. The summed E-state index contributed by atoms with van der Waals surface area (Å²) in [7, 11) is 3.14. The summed E-state index contributed by atoms with van der Waals surface area (Å²) in [5.41, 5.74) is 2.60. The number of urea groups is 1. The van der Waals surface area contributed by atoms with Crippen molar-refractivity contribution in [3.63, 3.8) is 0 Å². The number of methoxy groups -OCH3 is 2. The molecule has 2 aromatic carbocycles. The van der Waals surface area contributed by atoms with Gasteiger partial charge in [-0.3, -0.25) is 0 Å². The molecule has 0 saturated carbocycles. The molecular formula is C22H24N4O4. The van der Waals surface area contributed by atoms with Gasteiger partial charge < -0.3 is 24.2 Å². The fourth-order valence-corrected chi connectivity index (χ4v) is 3.61. The van der Waals surface area contributed by atoms with Crippen LogP contribution in [0.2, 0.25) is 0 Å². The molecule has 3 aromatic rings. The number of hydrogen-bond acceptors (Lipinski definition) is 6. The molecule has 1 atom stereocenters. The van der Waals surface area contributed by atoms with Crippen molar-refractivity contribution in [2.45, 2.75) is 25.8 Å². The molecule has 2 heterocycles. The second-order valence-corrected chi connectivity index (χ2v) is 7.21. The average Bonchev–Trinajstić information content (AvgIpc) is 3.43. The minimum Gasteiger partial charge on any atom is -0.497 e. The minimum atomic E-state index is -0.261. The Hall–Kier alpha value is -3.55. The Morgan fingerprint density at radius 1 is 1.17 bits per heavy atom. The summed E-state index contributed by atoms with van der Waals surface area (Å²) < 4.78 is 16.1. The molecule has 30 heavy (non-hydrogen) atoms. The Labute approximate surface area is 174 Å². The van der Waals surface area contributed by atoms with Crippen molar-refractivity contribution in [1.82, 2.24) is 15.0 Å². The number of nitrogens with one attached hydrogen (secondary N) is 1. The number of likely N-dealkylation sites (tertiary alicyclic amines) is 1. The molecule has 8 heteroatoms. The predicted molar refractivity (Wildman–Crippen MR) is 112 cm³/mol. The van der Waals surface area contributed by atoms with E-state index in [4.69, 9.17) is 14.0 Å². The molecule has 0 bridgehead atoms. The molecule has 4 rings (SSSR count). The van der Waals surface area contributed by atoms with E-state index in [0.29, 0.717) is 35.4 Å². The summed E-state index contributed by atoms with van der Waals surface area (Å²) >= 11 is 0. The van der Waals surface area contributed by atoms with Crippen molar-refractivity contribution in [3.8, 4) is 22.9 Å². The Morgan fingerprint density at radius 2 is 1.93 bits per heavy atom. The summed E-state index contributed by atoms with van der Waals surface area (Å²) in [5.74, 6) is 2.17. The van der Waals surface area contributed by atoms with Crippen molar-refractivity contribution < 1.29 is 18.8 Å². The molecule has 1 N–H and O–H groups in total. The molecule has 0 spiro atoms. The number of rotatable bonds is 5. The van der Waals surface area contributed by atoms with Crippen molar-refractivity contribution in [1.29, 1.82) is 0 Å². The Kier molecular flexibility index (Phi) is 5.56. The van der Waals surface area contributed by atoms with Crippen LogP contribution in [0.3, 0.4) is 0 Å². The lowest BCUT2D eigenvalue weighted by atomic mass is 10.1. The van der Waals surface area contributed by atoms with Gasteiger partial charge in [0.05, 0.1) is 14.2 Å². The summed E-state index contributed by atoms with van der Waals surface area (Å²) in [4.78, 5) is 19.2. The van der Waals surface area contributed by atoms with Crippen LogP contribution in [0.15, 0.2) is 47.0 Å². The molecule has 1 aliphatic heterocycles.